The highest BCUT2D eigenvalue weighted by Crippen LogP contribution is 2.27. The smallest absolute Gasteiger partial charge is 0.339 e. The van der Waals surface area contributed by atoms with E-state index in [1.54, 1.807) is 18.2 Å². The average molecular weight is 436 g/mol. The van der Waals surface area contributed by atoms with Gasteiger partial charge in [0.15, 0.2) is 0 Å². The summed E-state index contributed by atoms with van der Waals surface area (Å²) in [5, 5.41) is 26.4. The molecule has 0 fully saturated rings. The van der Waals surface area contributed by atoms with Crippen LogP contribution in [0, 0.1) is 0 Å². The van der Waals surface area contributed by atoms with Crippen molar-refractivity contribution < 1.29 is 24.9 Å². The van der Waals surface area contributed by atoms with Gasteiger partial charge in [-0.2, -0.15) is 0 Å². The average Bonchev–Trinajstić information content (AvgIpc) is 3.18. The molecule has 1 aromatic heterocycles. The van der Waals surface area contributed by atoms with E-state index < -0.39 is 12.1 Å². The second-order valence-corrected chi connectivity index (χ2v) is 6.69. The Labute approximate surface area is 179 Å². The molecule has 0 aliphatic carbocycles. The Morgan fingerprint density at radius 1 is 1.10 bits per heavy atom. The van der Waals surface area contributed by atoms with Gasteiger partial charge in [-0.1, -0.05) is 35.9 Å². The fourth-order valence-electron chi connectivity index (χ4n) is 2.84. The van der Waals surface area contributed by atoms with Crippen molar-refractivity contribution in [3.63, 3.8) is 0 Å². The molecule has 0 bridgehead atoms. The van der Waals surface area contributed by atoms with Gasteiger partial charge in [-0.3, -0.25) is 0 Å². The number of hydrogen-bond donors (Lipinski definition) is 5. The van der Waals surface area contributed by atoms with Crippen molar-refractivity contribution in [2.75, 3.05) is 25.0 Å². The Bertz CT molecular complexity index is 948. The number of aromatic carboxylic acids is 1. The summed E-state index contributed by atoms with van der Waals surface area (Å²) in [6.45, 7) is 1.69. The maximum absolute atomic E-state index is 11.2. The number of nitrogens with one attached hydrogen (secondary N) is 2. The van der Waals surface area contributed by atoms with E-state index in [2.05, 4.69) is 10.6 Å². The van der Waals surface area contributed by atoms with Crippen molar-refractivity contribution in [1.82, 2.24) is 11.5 Å². The maximum Gasteiger partial charge on any atom is 0.339 e. The van der Waals surface area contributed by atoms with Gasteiger partial charge >= 0.3 is 5.97 Å². The second kappa shape index (κ2) is 12.0. The fourth-order valence-corrected chi connectivity index (χ4v) is 3.04. The summed E-state index contributed by atoms with van der Waals surface area (Å²) in [5.41, 5.74) is 2.45. The lowest BCUT2D eigenvalue weighted by atomic mass is 10.1. The predicted molar refractivity (Wildman–Crippen MR) is 117 cm³/mol. The molecule has 30 heavy (non-hydrogen) atoms. The first-order valence-electron chi connectivity index (χ1n) is 8.84. The molecule has 1 atom stereocenters. The molecule has 0 amide bonds. The van der Waals surface area contributed by atoms with Crippen molar-refractivity contribution >= 4 is 23.3 Å². The van der Waals surface area contributed by atoms with Crippen molar-refractivity contribution in [2.45, 2.75) is 6.10 Å². The van der Waals surface area contributed by atoms with Crippen molar-refractivity contribution in [2.24, 2.45) is 0 Å². The molecule has 0 saturated heterocycles. The molecular formula is C21H26ClN3O5. The molecule has 3 rings (SSSR count). The molecule has 162 valence electrons. The third-order valence-electron chi connectivity index (χ3n) is 4.22. The molecule has 0 saturated carbocycles. The highest BCUT2D eigenvalue weighted by molar-refractivity contribution is 6.30. The number of furan rings is 1. The summed E-state index contributed by atoms with van der Waals surface area (Å²) in [6, 6.07) is 16.0. The first-order chi connectivity index (χ1) is 13.5. The minimum Gasteiger partial charge on any atom is -0.870 e. The fraction of sp³-hybridized carbons (Fsp3) is 0.190. The lowest BCUT2D eigenvalue weighted by molar-refractivity contribution is 0.0697. The number of aliphatic hydroxyl groups excluding tert-OH is 1. The van der Waals surface area contributed by atoms with Crippen LogP contribution < -0.4 is 16.8 Å². The van der Waals surface area contributed by atoms with Gasteiger partial charge in [-0.05, 0) is 35.9 Å². The number of anilines is 1. The third-order valence-corrected chi connectivity index (χ3v) is 4.46. The summed E-state index contributed by atoms with van der Waals surface area (Å²) in [5.74, 6) is -0.691. The van der Waals surface area contributed by atoms with E-state index in [-0.39, 0.29) is 17.2 Å². The number of carbonyl (C=O) groups is 1. The quantitative estimate of drug-likeness (QED) is 0.314. The number of hydrogen-bond acceptors (Lipinski definition) is 6. The highest BCUT2D eigenvalue weighted by Gasteiger charge is 2.15. The van der Waals surface area contributed by atoms with Crippen LogP contribution in [0.2, 0.25) is 5.02 Å². The monoisotopic (exact) mass is 435 g/mol. The molecule has 0 spiro atoms. The summed E-state index contributed by atoms with van der Waals surface area (Å²) in [4.78, 5) is 11.2. The molecule has 0 radical (unpaired) electrons. The number of carboxylic acids is 1. The van der Waals surface area contributed by atoms with Crippen LogP contribution in [0.5, 0.6) is 0 Å². The van der Waals surface area contributed by atoms with Crippen LogP contribution in [0.1, 0.15) is 22.0 Å². The van der Waals surface area contributed by atoms with E-state index in [4.69, 9.17) is 16.0 Å². The zero-order chi connectivity index (χ0) is 19.9. The number of benzene rings is 2. The number of quaternary nitrogens is 1. The molecule has 0 unspecified atom stereocenters. The molecule has 8 nitrogen and oxygen atoms in total. The van der Waals surface area contributed by atoms with E-state index in [9.17, 15) is 15.0 Å². The van der Waals surface area contributed by atoms with Crippen LogP contribution in [0.25, 0.3) is 11.3 Å². The molecular weight excluding hydrogens is 410 g/mol. The summed E-state index contributed by atoms with van der Waals surface area (Å²) < 4.78 is 5.33. The van der Waals surface area contributed by atoms with E-state index in [0.717, 1.165) is 11.3 Å². The first-order valence-corrected chi connectivity index (χ1v) is 9.22. The summed E-state index contributed by atoms with van der Waals surface area (Å²) in [6.07, 6.45) is 0.740. The van der Waals surface area contributed by atoms with Gasteiger partial charge < -0.3 is 36.9 Å². The minimum absolute atomic E-state index is 0. The normalized spacial score (nSPS) is 11.1. The third kappa shape index (κ3) is 6.58. The van der Waals surface area contributed by atoms with E-state index in [0.29, 0.717) is 36.0 Å². The molecule has 9 N–H and O–H groups in total. The van der Waals surface area contributed by atoms with Crippen molar-refractivity contribution in [1.29, 1.82) is 0 Å². The van der Waals surface area contributed by atoms with E-state index >= 15 is 0 Å². The second-order valence-electron chi connectivity index (χ2n) is 6.25. The van der Waals surface area contributed by atoms with E-state index in [1.165, 1.54) is 12.3 Å². The lowest BCUT2D eigenvalue weighted by Crippen LogP contribution is -2.26. The predicted octanol–water partition coefficient (Wildman–Crippen LogP) is 4.23. The maximum atomic E-state index is 11.2. The molecule has 2 aromatic carbocycles. The first kappa shape index (κ1) is 25.2. The SMILES string of the molecule is O=C(O)c1ccoc1-c1cccc(NCCNC[C@H](O)c2cccc(Cl)c2)c1.[NH4+].[OH-]. The van der Waals surface area contributed by atoms with Crippen LogP contribution in [-0.4, -0.2) is 41.3 Å². The Balaban J connectivity index is 0.00000225. The molecule has 9 heteroatoms. The van der Waals surface area contributed by atoms with Gasteiger partial charge in [0.1, 0.15) is 11.3 Å². The van der Waals surface area contributed by atoms with Crippen LogP contribution >= 0.6 is 11.6 Å². The highest BCUT2D eigenvalue weighted by atomic mass is 35.5. The van der Waals surface area contributed by atoms with E-state index in [1.807, 2.05) is 30.3 Å². The van der Waals surface area contributed by atoms with Crippen LogP contribution in [0.15, 0.2) is 65.3 Å². The topological polar surface area (TPSA) is 161 Å². The molecule has 1 heterocycles. The summed E-state index contributed by atoms with van der Waals surface area (Å²) in [7, 11) is 0. The Morgan fingerprint density at radius 3 is 2.60 bits per heavy atom. The van der Waals surface area contributed by atoms with Gasteiger partial charge in [0, 0.05) is 35.9 Å². The van der Waals surface area contributed by atoms with Crippen LogP contribution in [-0.2, 0) is 0 Å². The van der Waals surface area contributed by atoms with Crippen molar-refractivity contribution in [3.05, 3.63) is 77.0 Å². The van der Waals surface area contributed by atoms with Gasteiger partial charge in [0.2, 0.25) is 0 Å². The minimum atomic E-state index is -1.02. The Morgan fingerprint density at radius 2 is 1.87 bits per heavy atom. The molecule has 3 aromatic rings. The summed E-state index contributed by atoms with van der Waals surface area (Å²) >= 11 is 5.94. The number of halogens is 1. The van der Waals surface area contributed by atoms with Crippen molar-refractivity contribution in [3.8, 4) is 11.3 Å². The zero-order valence-corrected chi connectivity index (χ0v) is 17.3. The van der Waals surface area contributed by atoms with Crippen LogP contribution in [0.4, 0.5) is 5.69 Å². The molecule has 0 aliphatic rings. The molecule has 0 aliphatic heterocycles. The number of rotatable bonds is 9. The zero-order valence-electron chi connectivity index (χ0n) is 16.5. The van der Waals surface area contributed by atoms with Crippen LogP contribution in [0.3, 0.4) is 0 Å². The largest absolute Gasteiger partial charge is 0.870 e. The standard InChI is InChI=1S/C21H21ClN2O4.H3N.H2O/c22-16-5-1-3-14(11-16)19(25)13-23-8-9-24-17-6-2-4-15(12-17)20-18(21(26)27)7-10-28-20;;/h1-7,10-12,19,23-25H,8-9,13H2,(H,26,27);1H3;1H2/t19-;;/m0../s1. The lowest BCUT2D eigenvalue weighted by Gasteiger charge is -2.13. The number of carboxylic acid groups (broad SMARTS) is 1. The Hall–Kier alpha value is -2.88. The Kier molecular flexibility index (Phi) is 10.0. The van der Waals surface area contributed by atoms with Gasteiger partial charge in [-0.25, -0.2) is 4.79 Å². The van der Waals surface area contributed by atoms with Gasteiger partial charge in [0.25, 0.3) is 0 Å². The van der Waals surface area contributed by atoms with Gasteiger partial charge in [-0.15, -0.1) is 0 Å². The number of aliphatic hydroxyl groups is 1. The van der Waals surface area contributed by atoms with Gasteiger partial charge in [0.05, 0.1) is 12.4 Å².